The summed E-state index contributed by atoms with van der Waals surface area (Å²) < 4.78 is 0. The summed E-state index contributed by atoms with van der Waals surface area (Å²) in [7, 11) is 0. The molecule has 31 heavy (non-hydrogen) atoms. The van der Waals surface area contributed by atoms with Gasteiger partial charge < -0.3 is 20.4 Å². The molecule has 0 atom stereocenters. The van der Waals surface area contributed by atoms with Crippen LogP contribution < -0.4 is 0 Å². The SMILES string of the molecule is CC(C)(C1CCC(O)CC1)C1CCC(O)CC1.Oc1ccccc1.Oc1ccccc1. The maximum absolute atomic E-state index is 9.60. The normalized spacial score (nSPS) is 25.9. The Morgan fingerprint density at radius 1 is 0.548 bits per heavy atom. The van der Waals surface area contributed by atoms with Gasteiger partial charge in [-0.25, -0.2) is 0 Å². The zero-order chi connectivity index (χ0) is 22.7. The molecule has 2 saturated carbocycles. The van der Waals surface area contributed by atoms with Gasteiger partial charge in [0, 0.05) is 0 Å². The van der Waals surface area contributed by atoms with E-state index in [9.17, 15) is 10.2 Å². The molecule has 4 nitrogen and oxygen atoms in total. The Hall–Kier alpha value is -2.04. The molecular formula is C27H40O4. The van der Waals surface area contributed by atoms with E-state index in [1.807, 2.05) is 12.1 Å². The largest absolute Gasteiger partial charge is 0.508 e. The molecule has 2 fully saturated rings. The van der Waals surface area contributed by atoms with Gasteiger partial charge in [0.25, 0.3) is 0 Å². The van der Waals surface area contributed by atoms with Crippen LogP contribution in [0, 0.1) is 17.3 Å². The van der Waals surface area contributed by atoms with E-state index in [0.717, 1.165) is 37.5 Å². The van der Waals surface area contributed by atoms with E-state index < -0.39 is 0 Å². The number of phenolic OH excluding ortho intramolecular Hbond substituents is 2. The number of para-hydroxylation sites is 2. The Kier molecular flexibility index (Phi) is 10.4. The number of aromatic hydroxyl groups is 2. The molecule has 2 aliphatic carbocycles. The van der Waals surface area contributed by atoms with Crippen LogP contribution in [-0.2, 0) is 0 Å². The summed E-state index contributed by atoms with van der Waals surface area (Å²) >= 11 is 0. The Morgan fingerprint density at radius 3 is 1.06 bits per heavy atom. The summed E-state index contributed by atoms with van der Waals surface area (Å²) in [6.07, 6.45) is 8.62. The van der Waals surface area contributed by atoms with E-state index in [0.29, 0.717) is 16.9 Å². The third-order valence-corrected chi connectivity index (χ3v) is 7.01. The first-order chi connectivity index (χ1) is 14.8. The van der Waals surface area contributed by atoms with Gasteiger partial charge >= 0.3 is 0 Å². The number of phenols is 2. The van der Waals surface area contributed by atoms with Crippen LogP contribution in [0.5, 0.6) is 11.5 Å². The third-order valence-electron chi connectivity index (χ3n) is 7.01. The minimum absolute atomic E-state index is 0.0461. The topological polar surface area (TPSA) is 80.9 Å². The first kappa shape index (κ1) is 25.2. The fourth-order valence-electron chi connectivity index (χ4n) is 4.83. The van der Waals surface area contributed by atoms with Crippen molar-refractivity contribution in [2.75, 3.05) is 0 Å². The molecular weight excluding hydrogens is 388 g/mol. The van der Waals surface area contributed by atoms with Crippen LogP contribution in [0.1, 0.15) is 65.2 Å². The Bertz CT molecular complexity index is 639. The zero-order valence-corrected chi connectivity index (χ0v) is 19.0. The zero-order valence-electron chi connectivity index (χ0n) is 19.0. The van der Waals surface area contributed by atoms with Crippen LogP contribution in [0.15, 0.2) is 60.7 Å². The fourth-order valence-corrected chi connectivity index (χ4v) is 4.83. The Morgan fingerprint density at radius 2 is 0.839 bits per heavy atom. The Balaban J connectivity index is 0.000000199. The van der Waals surface area contributed by atoms with E-state index in [1.165, 1.54) is 25.7 Å². The minimum Gasteiger partial charge on any atom is -0.508 e. The van der Waals surface area contributed by atoms with Crippen molar-refractivity contribution in [3.8, 4) is 11.5 Å². The lowest BCUT2D eigenvalue weighted by molar-refractivity contribution is 0.00233. The van der Waals surface area contributed by atoms with Crippen LogP contribution in [0.2, 0.25) is 0 Å². The molecule has 0 aliphatic heterocycles. The lowest BCUT2D eigenvalue weighted by atomic mass is 9.60. The van der Waals surface area contributed by atoms with Gasteiger partial charge in [-0.15, -0.1) is 0 Å². The van der Waals surface area contributed by atoms with Gasteiger partial charge in [0.2, 0.25) is 0 Å². The minimum atomic E-state index is -0.0461. The molecule has 2 aliphatic rings. The maximum atomic E-state index is 9.60. The predicted octanol–water partition coefficient (Wildman–Crippen LogP) is 5.90. The van der Waals surface area contributed by atoms with Gasteiger partial charge in [-0.05, 0) is 92.9 Å². The summed E-state index contributed by atoms with van der Waals surface area (Å²) in [5.41, 5.74) is 0.389. The smallest absolute Gasteiger partial charge is 0.115 e. The lowest BCUT2D eigenvalue weighted by Gasteiger charge is -2.46. The van der Waals surface area contributed by atoms with Crippen LogP contribution in [0.25, 0.3) is 0 Å². The van der Waals surface area contributed by atoms with Gasteiger partial charge in [0.1, 0.15) is 11.5 Å². The molecule has 0 saturated heterocycles. The molecule has 0 spiro atoms. The van der Waals surface area contributed by atoms with E-state index in [-0.39, 0.29) is 12.2 Å². The maximum Gasteiger partial charge on any atom is 0.115 e. The van der Waals surface area contributed by atoms with Crippen molar-refractivity contribution in [2.45, 2.75) is 77.4 Å². The number of benzene rings is 2. The summed E-state index contributed by atoms with van der Waals surface area (Å²) in [5, 5.41) is 36.5. The average molecular weight is 429 g/mol. The standard InChI is InChI=1S/C15H28O2.2C6H6O/c1-15(2,11-3-7-13(16)8-4-11)12-5-9-14(17)10-6-12;2*7-6-4-2-1-3-5-6/h11-14,16-17H,3-10H2,1-2H3;2*1-5,7H. The van der Waals surface area contributed by atoms with Gasteiger partial charge in [-0.3, -0.25) is 0 Å². The molecule has 0 bridgehead atoms. The van der Waals surface area contributed by atoms with Crippen LogP contribution in [0.3, 0.4) is 0 Å². The van der Waals surface area contributed by atoms with Crippen molar-refractivity contribution in [2.24, 2.45) is 17.3 Å². The second-order valence-corrected chi connectivity index (χ2v) is 9.50. The van der Waals surface area contributed by atoms with Crippen LogP contribution in [-0.4, -0.2) is 32.6 Å². The van der Waals surface area contributed by atoms with Gasteiger partial charge in [-0.1, -0.05) is 50.2 Å². The fraction of sp³-hybridized carbons (Fsp3) is 0.556. The van der Waals surface area contributed by atoms with Crippen molar-refractivity contribution in [3.05, 3.63) is 60.7 Å². The number of rotatable bonds is 2. The first-order valence-electron chi connectivity index (χ1n) is 11.6. The molecule has 0 amide bonds. The number of aliphatic hydroxyl groups excluding tert-OH is 2. The number of hydrogen-bond acceptors (Lipinski definition) is 4. The van der Waals surface area contributed by atoms with Gasteiger partial charge in [0.05, 0.1) is 12.2 Å². The molecule has 2 aromatic carbocycles. The van der Waals surface area contributed by atoms with Crippen LogP contribution in [0.4, 0.5) is 0 Å². The summed E-state index contributed by atoms with van der Waals surface area (Å²) in [5.74, 6) is 2.18. The van der Waals surface area contributed by atoms with E-state index in [4.69, 9.17) is 10.2 Å². The number of aliphatic hydroxyl groups is 2. The van der Waals surface area contributed by atoms with Gasteiger partial charge in [-0.2, -0.15) is 0 Å². The highest BCUT2D eigenvalue weighted by Gasteiger charge is 2.39. The molecule has 4 heteroatoms. The Labute approximate surface area is 187 Å². The van der Waals surface area contributed by atoms with E-state index in [2.05, 4.69) is 13.8 Å². The molecule has 0 heterocycles. The molecule has 2 aromatic rings. The van der Waals surface area contributed by atoms with E-state index in [1.54, 1.807) is 48.5 Å². The lowest BCUT2D eigenvalue weighted by Crippen LogP contribution is -2.38. The predicted molar refractivity (Wildman–Crippen MR) is 126 cm³/mol. The summed E-state index contributed by atoms with van der Waals surface area (Å²) in [4.78, 5) is 0. The van der Waals surface area contributed by atoms with Crippen molar-refractivity contribution in [1.29, 1.82) is 0 Å². The summed E-state index contributed by atoms with van der Waals surface area (Å²) in [6.45, 7) is 4.83. The third kappa shape index (κ3) is 8.92. The van der Waals surface area contributed by atoms with E-state index >= 15 is 0 Å². The molecule has 4 N–H and O–H groups in total. The molecule has 0 unspecified atom stereocenters. The van der Waals surface area contributed by atoms with Gasteiger partial charge in [0.15, 0.2) is 0 Å². The highest BCUT2D eigenvalue weighted by atomic mass is 16.3. The average Bonchev–Trinajstić information content (AvgIpc) is 2.76. The molecule has 4 rings (SSSR count). The quantitative estimate of drug-likeness (QED) is 0.480. The second kappa shape index (κ2) is 12.7. The highest BCUT2D eigenvalue weighted by molar-refractivity contribution is 5.19. The van der Waals surface area contributed by atoms with Crippen LogP contribution >= 0.6 is 0 Å². The van der Waals surface area contributed by atoms with Crippen molar-refractivity contribution >= 4 is 0 Å². The molecule has 0 radical (unpaired) electrons. The molecule has 0 aromatic heterocycles. The highest BCUT2D eigenvalue weighted by Crippen LogP contribution is 2.48. The first-order valence-corrected chi connectivity index (χ1v) is 11.6. The second-order valence-electron chi connectivity index (χ2n) is 9.50. The van der Waals surface area contributed by atoms with Crippen molar-refractivity contribution in [3.63, 3.8) is 0 Å². The molecule has 172 valence electrons. The monoisotopic (exact) mass is 428 g/mol. The number of hydrogen-bond donors (Lipinski definition) is 4. The summed E-state index contributed by atoms with van der Waals surface area (Å²) in [6, 6.07) is 17.4. The van der Waals surface area contributed by atoms with Crippen molar-refractivity contribution in [1.82, 2.24) is 0 Å². The van der Waals surface area contributed by atoms with Crippen molar-refractivity contribution < 1.29 is 20.4 Å².